The first-order chi connectivity index (χ1) is 18.6. The first kappa shape index (κ1) is 25.8. The maximum Gasteiger partial charge on any atom is 0.199 e. The van der Waals surface area contributed by atoms with Gasteiger partial charge in [0.2, 0.25) is 0 Å². The van der Waals surface area contributed by atoms with Crippen LogP contribution in [-0.4, -0.2) is 63.7 Å². The number of nitrogens with zero attached hydrogens (tertiary/aromatic N) is 3. The maximum atomic E-state index is 11.5. The Hall–Kier alpha value is -3.84. The number of hydrogen-bond acceptors (Lipinski definition) is 6. The Morgan fingerprint density at radius 1 is 0.921 bits per heavy atom. The minimum absolute atomic E-state index is 0.0674. The molecule has 1 atom stereocenters. The Labute approximate surface area is 225 Å². The molecule has 1 aromatic heterocycles. The average molecular weight is 515 g/mol. The minimum atomic E-state index is -0.0674. The van der Waals surface area contributed by atoms with Gasteiger partial charge < -0.3 is 34.3 Å². The summed E-state index contributed by atoms with van der Waals surface area (Å²) in [5.74, 6) is 1.68. The molecule has 0 spiro atoms. The fourth-order valence-electron chi connectivity index (χ4n) is 5.50. The lowest BCUT2D eigenvalue weighted by Crippen LogP contribution is -2.43. The van der Waals surface area contributed by atoms with Crippen molar-refractivity contribution < 1.29 is 14.6 Å². The van der Waals surface area contributed by atoms with Gasteiger partial charge in [0.05, 0.1) is 20.3 Å². The van der Waals surface area contributed by atoms with E-state index >= 15 is 0 Å². The summed E-state index contributed by atoms with van der Waals surface area (Å²) in [6, 6.07) is 22.7. The van der Waals surface area contributed by atoms with E-state index in [0.29, 0.717) is 17.4 Å². The number of ether oxygens (including phenoxy) is 2. The van der Waals surface area contributed by atoms with Crippen molar-refractivity contribution in [2.24, 2.45) is 0 Å². The zero-order valence-electron chi connectivity index (χ0n) is 22.6. The molecule has 38 heavy (non-hydrogen) atoms. The van der Waals surface area contributed by atoms with Gasteiger partial charge in [-0.25, -0.2) is 0 Å². The third-order valence-electron chi connectivity index (χ3n) is 7.59. The molecule has 0 saturated carbocycles. The Bertz CT molecular complexity index is 1350. The van der Waals surface area contributed by atoms with Gasteiger partial charge in [0.15, 0.2) is 17.4 Å². The molecular weight excluding hydrogens is 476 g/mol. The smallest absolute Gasteiger partial charge is 0.199 e. The van der Waals surface area contributed by atoms with Crippen LogP contribution < -0.4 is 24.6 Å². The van der Waals surface area contributed by atoms with Crippen molar-refractivity contribution >= 4 is 22.1 Å². The molecule has 1 aliphatic rings. The predicted octanol–water partition coefficient (Wildman–Crippen LogP) is 5.28. The number of rotatable bonds is 10. The lowest BCUT2D eigenvalue weighted by atomic mass is 10.0. The van der Waals surface area contributed by atoms with Crippen molar-refractivity contribution in [1.82, 2.24) is 9.88 Å². The third kappa shape index (κ3) is 5.24. The van der Waals surface area contributed by atoms with Crippen LogP contribution in [0.4, 0.5) is 11.4 Å². The highest BCUT2D eigenvalue weighted by molar-refractivity contribution is 5.98. The molecule has 2 heterocycles. The summed E-state index contributed by atoms with van der Waals surface area (Å²) in [5, 5.41) is 16.9. The lowest BCUT2D eigenvalue weighted by Gasteiger charge is -2.30. The second-order valence-corrected chi connectivity index (χ2v) is 9.86. The van der Waals surface area contributed by atoms with Gasteiger partial charge >= 0.3 is 0 Å². The fraction of sp³-hybridized carbons (Fsp3) is 0.355. The van der Waals surface area contributed by atoms with Gasteiger partial charge in [-0.2, -0.15) is 0 Å². The number of aromatic hydroxyl groups is 1. The van der Waals surface area contributed by atoms with Gasteiger partial charge in [0.25, 0.3) is 0 Å². The van der Waals surface area contributed by atoms with Crippen LogP contribution in [-0.2, 0) is 0 Å². The molecule has 1 aliphatic heterocycles. The van der Waals surface area contributed by atoms with Crippen molar-refractivity contribution in [1.29, 1.82) is 0 Å². The molecule has 0 bridgehead atoms. The van der Waals surface area contributed by atoms with E-state index in [1.54, 1.807) is 14.2 Å². The summed E-state index contributed by atoms with van der Waals surface area (Å²) in [7, 11) is 5.44. The van der Waals surface area contributed by atoms with Crippen molar-refractivity contribution in [3.63, 3.8) is 0 Å². The van der Waals surface area contributed by atoms with E-state index in [1.807, 2.05) is 34.9 Å². The van der Waals surface area contributed by atoms with E-state index < -0.39 is 0 Å². The SMILES string of the molecule is COc1ccc([C@@H](CCCN(C)c2ccccc2)n2cc3c(N4CCNCC4)cccc3c2O)cc1OC. The molecule has 0 aliphatic carbocycles. The first-order valence-corrected chi connectivity index (χ1v) is 13.4. The summed E-state index contributed by atoms with van der Waals surface area (Å²) in [6.07, 6.45) is 3.93. The highest BCUT2D eigenvalue weighted by Crippen LogP contribution is 2.40. The van der Waals surface area contributed by atoms with E-state index in [1.165, 1.54) is 11.4 Å². The van der Waals surface area contributed by atoms with Crippen LogP contribution in [0.2, 0.25) is 0 Å². The summed E-state index contributed by atoms with van der Waals surface area (Å²) < 4.78 is 13.2. The average Bonchev–Trinajstić information content (AvgIpc) is 3.31. The van der Waals surface area contributed by atoms with Crippen LogP contribution in [0.1, 0.15) is 24.4 Å². The van der Waals surface area contributed by atoms with Gasteiger partial charge in [0, 0.05) is 68.1 Å². The van der Waals surface area contributed by atoms with Crippen LogP contribution in [0, 0.1) is 0 Å². The van der Waals surface area contributed by atoms with Crippen molar-refractivity contribution in [2.45, 2.75) is 18.9 Å². The van der Waals surface area contributed by atoms with E-state index in [0.717, 1.165) is 61.9 Å². The van der Waals surface area contributed by atoms with E-state index in [4.69, 9.17) is 9.47 Å². The summed E-state index contributed by atoms with van der Waals surface area (Å²) >= 11 is 0. The number of anilines is 2. The van der Waals surface area contributed by atoms with Crippen LogP contribution in [0.5, 0.6) is 17.4 Å². The lowest BCUT2D eigenvalue weighted by molar-refractivity contribution is 0.352. The van der Waals surface area contributed by atoms with Gasteiger partial charge in [-0.1, -0.05) is 30.3 Å². The number of fused-ring (bicyclic) bond motifs is 1. The summed E-state index contributed by atoms with van der Waals surface area (Å²) in [4.78, 5) is 4.68. The molecule has 200 valence electrons. The Kier molecular flexibility index (Phi) is 7.94. The highest BCUT2D eigenvalue weighted by atomic mass is 16.5. The number of piperazine rings is 1. The molecule has 1 saturated heterocycles. The highest BCUT2D eigenvalue weighted by Gasteiger charge is 2.23. The number of hydrogen-bond donors (Lipinski definition) is 2. The Morgan fingerprint density at radius 3 is 2.42 bits per heavy atom. The normalized spacial score (nSPS) is 14.4. The molecule has 0 unspecified atom stereocenters. The summed E-state index contributed by atoms with van der Waals surface area (Å²) in [5.41, 5.74) is 3.45. The quantitative estimate of drug-likeness (QED) is 0.300. The topological polar surface area (TPSA) is 62.1 Å². The van der Waals surface area contributed by atoms with Crippen LogP contribution in [0.25, 0.3) is 10.8 Å². The number of benzene rings is 3. The fourth-order valence-corrected chi connectivity index (χ4v) is 5.50. The molecule has 0 amide bonds. The molecule has 7 nitrogen and oxygen atoms in total. The standard InChI is InChI=1S/C31H38N4O3/c1-33(24-9-5-4-6-10-24)18-8-13-27(23-14-15-29(37-2)30(21-23)38-3)35-22-26-25(31(35)36)11-7-12-28(26)34-19-16-32-17-20-34/h4-7,9-12,14-15,21-22,27,32,36H,8,13,16-20H2,1-3H3/t27-/m1/s1. The molecule has 1 fully saturated rings. The van der Waals surface area contributed by atoms with Gasteiger partial charge in [-0.05, 0) is 54.8 Å². The van der Waals surface area contributed by atoms with Gasteiger partial charge in [0.1, 0.15) is 0 Å². The van der Waals surface area contributed by atoms with Gasteiger partial charge in [-0.3, -0.25) is 0 Å². The van der Waals surface area contributed by atoms with Crippen molar-refractivity contribution in [3.05, 3.63) is 78.5 Å². The summed E-state index contributed by atoms with van der Waals surface area (Å²) in [6.45, 7) is 4.74. The number of aromatic nitrogens is 1. The number of methoxy groups -OCH3 is 2. The van der Waals surface area contributed by atoms with Crippen molar-refractivity contribution in [3.8, 4) is 17.4 Å². The number of para-hydroxylation sites is 1. The zero-order chi connectivity index (χ0) is 26.5. The third-order valence-corrected chi connectivity index (χ3v) is 7.59. The second kappa shape index (κ2) is 11.7. The van der Waals surface area contributed by atoms with Crippen LogP contribution in [0.3, 0.4) is 0 Å². The molecular formula is C31H38N4O3. The minimum Gasteiger partial charge on any atom is -0.494 e. The van der Waals surface area contributed by atoms with E-state index in [9.17, 15) is 5.11 Å². The second-order valence-electron chi connectivity index (χ2n) is 9.86. The Morgan fingerprint density at radius 2 is 1.68 bits per heavy atom. The zero-order valence-corrected chi connectivity index (χ0v) is 22.6. The van der Waals surface area contributed by atoms with Crippen LogP contribution in [0.15, 0.2) is 72.9 Å². The molecule has 5 rings (SSSR count). The predicted molar refractivity (Wildman–Crippen MR) is 155 cm³/mol. The molecule has 0 radical (unpaired) electrons. The molecule has 3 aromatic carbocycles. The van der Waals surface area contributed by atoms with Crippen molar-refractivity contribution in [2.75, 3.05) is 63.8 Å². The van der Waals surface area contributed by atoms with E-state index in [2.05, 4.69) is 64.8 Å². The molecule has 7 heteroatoms. The Balaban J connectivity index is 1.50. The maximum absolute atomic E-state index is 11.5. The van der Waals surface area contributed by atoms with Crippen LogP contribution >= 0.6 is 0 Å². The van der Waals surface area contributed by atoms with Gasteiger partial charge in [-0.15, -0.1) is 0 Å². The monoisotopic (exact) mass is 514 g/mol. The number of nitrogens with one attached hydrogen (secondary N) is 1. The van der Waals surface area contributed by atoms with E-state index in [-0.39, 0.29) is 6.04 Å². The largest absolute Gasteiger partial charge is 0.494 e. The molecule has 4 aromatic rings. The first-order valence-electron chi connectivity index (χ1n) is 13.4. The molecule has 2 N–H and O–H groups in total.